The lowest BCUT2D eigenvalue weighted by atomic mass is 10.1. The Kier molecular flexibility index (Phi) is 6.87. The first-order valence-electron chi connectivity index (χ1n) is 10.1. The van der Waals surface area contributed by atoms with E-state index < -0.39 is 5.97 Å². The number of aliphatic carboxylic acids is 1. The van der Waals surface area contributed by atoms with Crippen molar-refractivity contribution in [1.29, 1.82) is 0 Å². The number of ether oxygens (including phenoxy) is 1. The summed E-state index contributed by atoms with van der Waals surface area (Å²) in [5.41, 5.74) is 3.11. The minimum Gasteiger partial charge on any atom is -0.484 e. The summed E-state index contributed by atoms with van der Waals surface area (Å²) in [4.78, 5) is 23.7. The molecule has 168 valence electrons. The molecule has 6 nitrogen and oxygen atoms in total. The first-order chi connectivity index (χ1) is 15.9. The second-order valence-corrected chi connectivity index (χ2v) is 8.32. The fourth-order valence-electron chi connectivity index (χ4n) is 3.58. The topological polar surface area (TPSA) is 80.6 Å². The van der Waals surface area contributed by atoms with E-state index in [4.69, 9.17) is 27.9 Å². The third-order valence-corrected chi connectivity index (χ3v) is 5.60. The molecule has 1 heterocycles. The van der Waals surface area contributed by atoms with Gasteiger partial charge in [-0.05, 0) is 47.5 Å². The van der Waals surface area contributed by atoms with Crippen LogP contribution in [-0.2, 0) is 22.6 Å². The molecule has 4 aromatic rings. The molecule has 0 saturated heterocycles. The van der Waals surface area contributed by atoms with Gasteiger partial charge in [-0.2, -0.15) is 0 Å². The molecule has 1 aromatic heterocycles. The molecule has 0 aliphatic carbocycles. The standard InChI is InChI=1S/C25H20Cl2N2O4/c26-18-6-8-22(21(27)11-18)28-24(30)15-33-19-7-9-23-20(12-19)17(10-25(31)32)14-29(23)13-16-4-2-1-3-5-16/h1-9,11-12,14H,10,13,15H2,(H,28,30)(H,31,32). The molecule has 0 aliphatic heterocycles. The van der Waals surface area contributed by atoms with Crippen molar-refractivity contribution >= 4 is 51.7 Å². The number of nitrogens with zero attached hydrogens (tertiary/aromatic N) is 1. The van der Waals surface area contributed by atoms with Crippen molar-refractivity contribution in [2.24, 2.45) is 0 Å². The number of hydrogen-bond acceptors (Lipinski definition) is 3. The van der Waals surface area contributed by atoms with Crippen molar-refractivity contribution in [3.8, 4) is 5.75 Å². The molecule has 0 saturated carbocycles. The highest BCUT2D eigenvalue weighted by Gasteiger charge is 2.14. The highest BCUT2D eigenvalue weighted by molar-refractivity contribution is 6.36. The molecule has 0 bridgehead atoms. The van der Waals surface area contributed by atoms with E-state index >= 15 is 0 Å². The number of carbonyl (C=O) groups excluding carboxylic acids is 1. The number of anilines is 1. The van der Waals surface area contributed by atoms with Gasteiger partial charge in [0.25, 0.3) is 5.91 Å². The van der Waals surface area contributed by atoms with Gasteiger partial charge in [-0.25, -0.2) is 0 Å². The van der Waals surface area contributed by atoms with Crippen molar-refractivity contribution in [3.05, 3.63) is 94.1 Å². The van der Waals surface area contributed by atoms with Gasteiger partial charge in [0.1, 0.15) is 5.75 Å². The summed E-state index contributed by atoms with van der Waals surface area (Å²) in [7, 11) is 0. The lowest BCUT2D eigenvalue weighted by Crippen LogP contribution is -2.20. The molecule has 8 heteroatoms. The van der Waals surface area contributed by atoms with E-state index in [1.807, 2.05) is 47.2 Å². The van der Waals surface area contributed by atoms with Crippen LogP contribution in [0.1, 0.15) is 11.1 Å². The van der Waals surface area contributed by atoms with Crippen molar-refractivity contribution in [2.75, 3.05) is 11.9 Å². The molecular weight excluding hydrogens is 463 g/mol. The number of rotatable bonds is 8. The lowest BCUT2D eigenvalue weighted by molar-refractivity contribution is -0.136. The Balaban J connectivity index is 1.52. The molecule has 3 aromatic carbocycles. The predicted octanol–water partition coefficient (Wildman–Crippen LogP) is 5.64. The fourth-order valence-corrected chi connectivity index (χ4v) is 4.04. The number of halogens is 2. The Morgan fingerprint density at radius 3 is 2.52 bits per heavy atom. The Hall–Kier alpha value is -3.48. The van der Waals surface area contributed by atoms with Gasteiger partial charge in [0.05, 0.1) is 17.1 Å². The molecule has 0 fully saturated rings. The zero-order valence-corrected chi connectivity index (χ0v) is 18.9. The predicted molar refractivity (Wildman–Crippen MR) is 129 cm³/mol. The van der Waals surface area contributed by atoms with Crippen LogP contribution in [0.2, 0.25) is 10.0 Å². The third-order valence-electron chi connectivity index (χ3n) is 5.05. The molecule has 1 amide bonds. The van der Waals surface area contributed by atoms with Crippen LogP contribution in [0, 0.1) is 0 Å². The maximum Gasteiger partial charge on any atom is 0.307 e. The van der Waals surface area contributed by atoms with Gasteiger partial charge in [-0.3, -0.25) is 9.59 Å². The normalized spacial score (nSPS) is 10.8. The maximum absolute atomic E-state index is 12.3. The number of benzene rings is 3. The van der Waals surface area contributed by atoms with Crippen molar-refractivity contribution in [3.63, 3.8) is 0 Å². The van der Waals surface area contributed by atoms with Crippen LogP contribution in [0.3, 0.4) is 0 Å². The Bertz CT molecular complexity index is 1320. The zero-order valence-electron chi connectivity index (χ0n) is 17.4. The Morgan fingerprint density at radius 1 is 1.00 bits per heavy atom. The number of amides is 1. The van der Waals surface area contributed by atoms with Crippen molar-refractivity contribution in [1.82, 2.24) is 4.57 Å². The fraction of sp³-hybridized carbons (Fsp3) is 0.120. The quantitative estimate of drug-likeness (QED) is 0.340. The largest absolute Gasteiger partial charge is 0.484 e. The monoisotopic (exact) mass is 482 g/mol. The molecular formula is C25H20Cl2N2O4. The third kappa shape index (κ3) is 5.66. The average molecular weight is 483 g/mol. The van der Waals surface area contributed by atoms with E-state index in [9.17, 15) is 14.7 Å². The number of carbonyl (C=O) groups is 2. The van der Waals surface area contributed by atoms with Gasteiger partial charge in [0.15, 0.2) is 6.61 Å². The van der Waals surface area contributed by atoms with E-state index in [-0.39, 0.29) is 18.9 Å². The number of aromatic nitrogens is 1. The summed E-state index contributed by atoms with van der Waals surface area (Å²) >= 11 is 12.0. The van der Waals surface area contributed by atoms with Gasteiger partial charge in [0, 0.05) is 28.7 Å². The molecule has 0 atom stereocenters. The molecule has 0 radical (unpaired) electrons. The van der Waals surface area contributed by atoms with Gasteiger partial charge >= 0.3 is 5.97 Å². The molecule has 0 aliphatic rings. The second-order valence-electron chi connectivity index (χ2n) is 7.48. The number of carboxylic acid groups (broad SMARTS) is 1. The van der Waals surface area contributed by atoms with Crippen LogP contribution < -0.4 is 10.1 Å². The van der Waals surface area contributed by atoms with E-state index in [1.165, 1.54) is 6.07 Å². The summed E-state index contributed by atoms with van der Waals surface area (Å²) in [6, 6.07) is 20.1. The van der Waals surface area contributed by atoms with Crippen LogP contribution in [0.15, 0.2) is 72.9 Å². The zero-order chi connectivity index (χ0) is 23.4. The van der Waals surface area contributed by atoms with Gasteiger partial charge < -0.3 is 19.7 Å². The second kappa shape index (κ2) is 9.98. The Morgan fingerprint density at radius 2 is 1.79 bits per heavy atom. The van der Waals surface area contributed by atoms with Crippen LogP contribution >= 0.6 is 23.2 Å². The van der Waals surface area contributed by atoms with E-state index in [2.05, 4.69) is 5.32 Å². The number of nitrogens with one attached hydrogen (secondary N) is 1. The molecule has 4 rings (SSSR count). The summed E-state index contributed by atoms with van der Waals surface area (Å²) < 4.78 is 7.68. The van der Waals surface area contributed by atoms with Crippen LogP contribution in [-0.4, -0.2) is 28.2 Å². The minimum atomic E-state index is -0.917. The Labute approximate surface area is 200 Å². The minimum absolute atomic E-state index is 0.114. The van der Waals surface area contributed by atoms with Gasteiger partial charge in [-0.15, -0.1) is 0 Å². The molecule has 33 heavy (non-hydrogen) atoms. The first kappa shape index (κ1) is 22.7. The SMILES string of the molecule is O=C(O)Cc1cn(Cc2ccccc2)c2ccc(OCC(=O)Nc3ccc(Cl)cc3Cl)cc12. The highest BCUT2D eigenvalue weighted by atomic mass is 35.5. The number of hydrogen-bond donors (Lipinski definition) is 2. The molecule has 0 unspecified atom stereocenters. The smallest absolute Gasteiger partial charge is 0.307 e. The summed E-state index contributed by atoms with van der Waals surface area (Å²) in [6.45, 7) is 0.380. The summed E-state index contributed by atoms with van der Waals surface area (Å²) in [5.74, 6) is -0.838. The van der Waals surface area contributed by atoms with E-state index in [1.54, 1.807) is 24.3 Å². The maximum atomic E-state index is 12.3. The number of fused-ring (bicyclic) bond motifs is 1. The molecule has 2 N–H and O–H groups in total. The summed E-state index contributed by atoms with van der Waals surface area (Å²) in [5, 5.41) is 13.6. The van der Waals surface area contributed by atoms with Gasteiger partial charge in [0.2, 0.25) is 0 Å². The van der Waals surface area contributed by atoms with Crippen molar-refractivity contribution in [2.45, 2.75) is 13.0 Å². The first-order valence-corrected chi connectivity index (χ1v) is 10.9. The van der Waals surface area contributed by atoms with E-state index in [0.29, 0.717) is 33.6 Å². The van der Waals surface area contributed by atoms with Crippen molar-refractivity contribution < 1.29 is 19.4 Å². The van der Waals surface area contributed by atoms with Gasteiger partial charge in [-0.1, -0.05) is 53.5 Å². The molecule has 0 spiro atoms. The average Bonchev–Trinajstić information content (AvgIpc) is 3.10. The van der Waals surface area contributed by atoms with Crippen LogP contribution in [0.25, 0.3) is 10.9 Å². The van der Waals surface area contributed by atoms with Crippen LogP contribution in [0.4, 0.5) is 5.69 Å². The van der Waals surface area contributed by atoms with Crippen LogP contribution in [0.5, 0.6) is 5.75 Å². The highest BCUT2D eigenvalue weighted by Crippen LogP contribution is 2.28. The lowest BCUT2D eigenvalue weighted by Gasteiger charge is -2.10. The summed E-state index contributed by atoms with van der Waals surface area (Å²) in [6.07, 6.45) is 1.74. The number of carboxylic acids is 1. The van der Waals surface area contributed by atoms with E-state index in [0.717, 1.165) is 16.5 Å².